The Morgan fingerprint density at radius 2 is 2.12 bits per heavy atom. The van der Waals surface area contributed by atoms with E-state index in [0.717, 1.165) is 36.1 Å². The summed E-state index contributed by atoms with van der Waals surface area (Å²) < 4.78 is 18.4. The molecular weight excluding hydrogens is 309 g/mol. The highest BCUT2D eigenvalue weighted by molar-refractivity contribution is 5.93. The minimum absolute atomic E-state index is 0.0439. The minimum Gasteiger partial charge on any atom is -0.469 e. The standard InChI is InChI=1S/C18H16FN3O2/c19-12-6-4-11(5-7-12)15-10-16(22-21-15)18(23)20-14-2-1-3-17-13(14)8-9-24-17/h4-10,14H,1-3H2,(H,20,23)(H,21,22). The molecule has 5 nitrogen and oxygen atoms in total. The third-order valence-electron chi connectivity index (χ3n) is 4.32. The molecule has 0 aliphatic heterocycles. The number of rotatable bonds is 3. The van der Waals surface area contributed by atoms with Crippen molar-refractivity contribution in [3.63, 3.8) is 0 Å². The number of carbonyl (C=O) groups is 1. The SMILES string of the molecule is O=C(NC1CCCc2occc21)c1cc(-c2ccc(F)cc2)n[nH]1. The van der Waals surface area contributed by atoms with Gasteiger partial charge in [-0.15, -0.1) is 0 Å². The van der Waals surface area contributed by atoms with Crippen molar-refractivity contribution in [3.8, 4) is 11.3 Å². The fourth-order valence-corrected chi connectivity index (χ4v) is 3.08. The van der Waals surface area contributed by atoms with Crippen LogP contribution in [0.25, 0.3) is 11.3 Å². The molecule has 0 saturated carbocycles. The van der Waals surface area contributed by atoms with E-state index in [4.69, 9.17) is 4.42 Å². The molecule has 3 aromatic rings. The van der Waals surface area contributed by atoms with Gasteiger partial charge in [-0.2, -0.15) is 5.10 Å². The molecule has 0 saturated heterocycles. The smallest absolute Gasteiger partial charge is 0.269 e. The molecular formula is C18H16FN3O2. The Bertz CT molecular complexity index is 867. The van der Waals surface area contributed by atoms with Gasteiger partial charge in [0.15, 0.2) is 0 Å². The van der Waals surface area contributed by atoms with Crippen molar-refractivity contribution in [2.75, 3.05) is 0 Å². The molecule has 4 rings (SSSR count). The maximum atomic E-state index is 13.0. The molecule has 0 bridgehead atoms. The van der Waals surface area contributed by atoms with E-state index < -0.39 is 0 Å². The maximum Gasteiger partial charge on any atom is 0.269 e. The molecule has 0 radical (unpaired) electrons. The quantitative estimate of drug-likeness (QED) is 0.772. The van der Waals surface area contributed by atoms with E-state index in [0.29, 0.717) is 11.4 Å². The summed E-state index contributed by atoms with van der Waals surface area (Å²) in [6, 6.07) is 9.53. The first-order valence-electron chi connectivity index (χ1n) is 7.89. The number of aromatic nitrogens is 2. The van der Waals surface area contributed by atoms with Crippen molar-refractivity contribution >= 4 is 5.91 Å². The van der Waals surface area contributed by atoms with Crippen LogP contribution in [0.5, 0.6) is 0 Å². The van der Waals surface area contributed by atoms with Gasteiger partial charge in [0.1, 0.15) is 17.3 Å². The number of benzene rings is 1. The fraction of sp³-hybridized carbons (Fsp3) is 0.222. The molecule has 1 unspecified atom stereocenters. The molecule has 1 aliphatic rings. The predicted molar refractivity (Wildman–Crippen MR) is 85.8 cm³/mol. The summed E-state index contributed by atoms with van der Waals surface area (Å²) in [5.74, 6) is 0.429. The van der Waals surface area contributed by atoms with Crippen molar-refractivity contribution in [2.45, 2.75) is 25.3 Å². The van der Waals surface area contributed by atoms with E-state index >= 15 is 0 Å². The number of H-pyrrole nitrogens is 1. The minimum atomic E-state index is -0.305. The lowest BCUT2D eigenvalue weighted by molar-refractivity contribution is 0.0927. The summed E-state index contributed by atoms with van der Waals surface area (Å²) in [5.41, 5.74) is 2.78. The van der Waals surface area contributed by atoms with E-state index in [-0.39, 0.29) is 17.8 Å². The summed E-state index contributed by atoms with van der Waals surface area (Å²) in [5, 5.41) is 9.91. The van der Waals surface area contributed by atoms with Crippen molar-refractivity contribution < 1.29 is 13.6 Å². The highest BCUT2D eigenvalue weighted by atomic mass is 19.1. The Labute approximate surface area is 137 Å². The number of fused-ring (bicyclic) bond motifs is 1. The van der Waals surface area contributed by atoms with Gasteiger partial charge in [0.25, 0.3) is 5.91 Å². The van der Waals surface area contributed by atoms with Crippen molar-refractivity contribution in [2.24, 2.45) is 0 Å². The number of halogens is 1. The molecule has 24 heavy (non-hydrogen) atoms. The maximum absolute atomic E-state index is 13.0. The zero-order valence-corrected chi connectivity index (χ0v) is 12.9. The third-order valence-corrected chi connectivity index (χ3v) is 4.32. The van der Waals surface area contributed by atoms with Crippen LogP contribution in [-0.2, 0) is 6.42 Å². The number of nitrogens with zero attached hydrogens (tertiary/aromatic N) is 1. The molecule has 1 atom stereocenters. The van der Waals surface area contributed by atoms with Gasteiger partial charge in [0.2, 0.25) is 0 Å². The number of aryl methyl sites for hydroxylation is 1. The summed E-state index contributed by atoms with van der Waals surface area (Å²) in [4.78, 5) is 12.5. The second-order valence-electron chi connectivity index (χ2n) is 5.89. The van der Waals surface area contributed by atoms with E-state index in [1.54, 1.807) is 24.5 Å². The van der Waals surface area contributed by atoms with E-state index in [9.17, 15) is 9.18 Å². The topological polar surface area (TPSA) is 70.9 Å². The zero-order valence-electron chi connectivity index (χ0n) is 12.9. The van der Waals surface area contributed by atoms with Crippen molar-refractivity contribution in [1.82, 2.24) is 15.5 Å². The second kappa shape index (κ2) is 5.96. The van der Waals surface area contributed by atoms with Crippen molar-refractivity contribution in [3.05, 3.63) is 65.5 Å². The van der Waals surface area contributed by atoms with E-state index in [1.807, 2.05) is 6.07 Å². The molecule has 1 aromatic carbocycles. The number of aromatic amines is 1. The predicted octanol–water partition coefficient (Wildman–Crippen LogP) is 3.62. The lowest BCUT2D eigenvalue weighted by atomic mass is 9.93. The number of hydrogen-bond donors (Lipinski definition) is 2. The average molecular weight is 325 g/mol. The van der Waals surface area contributed by atoms with Gasteiger partial charge in [-0.3, -0.25) is 9.89 Å². The fourth-order valence-electron chi connectivity index (χ4n) is 3.08. The van der Waals surface area contributed by atoms with Crippen molar-refractivity contribution in [1.29, 1.82) is 0 Å². The highest BCUT2D eigenvalue weighted by Gasteiger charge is 2.25. The van der Waals surface area contributed by atoms with Gasteiger partial charge >= 0.3 is 0 Å². The lowest BCUT2D eigenvalue weighted by Gasteiger charge is -2.22. The summed E-state index contributed by atoms with van der Waals surface area (Å²) in [6.45, 7) is 0. The molecule has 1 amide bonds. The summed E-state index contributed by atoms with van der Waals surface area (Å²) in [7, 11) is 0. The summed E-state index contributed by atoms with van der Waals surface area (Å²) >= 11 is 0. The van der Waals surface area contributed by atoms with Crippen LogP contribution < -0.4 is 5.32 Å². The number of nitrogens with one attached hydrogen (secondary N) is 2. The number of amides is 1. The average Bonchev–Trinajstić information content (AvgIpc) is 3.25. The van der Waals surface area contributed by atoms with Gasteiger partial charge in [0.05, 0.1) is 18.0 Å². The van der Waals surface area contributed by atoms with Gasteiger partial charge in [-0.05, 0) is 49.2 Å². The zero-order chi connectivity index (χ0) is 16.5. The first-order valence-corrected chi connectivity index (χ1v) is 7.89. The van der Waals surface area contributed by atoms with Gasteiger partial charge in [-0.25, -0.2) is 4.39 Å². The largest absolute Gasteiger partial charge is 0.469 e. The molecule has 1 aliphatic carbocycles. The Morgan fingerprint density at radius 1 is 1.29 bits per heavy atom. The van der Waals surface area contributed by atoms with Crippen LogP contribution in [0.1, 0.15) is 40.7 Å². The Morgan fingerprint density at radius 3 is 2.96 bits per heavy atom. The number of furan rings is 1. The third kappa shape index (κ3) is 2.71. The van der Waals surface area contributed by atoms with Crippen LogP contribution >= 0.6 is 0 Å². The molecule has 2 heterocycles. The number of hydrogen-bond acceptors (Lipinski definition) is 3. The van der Waals surface area contributed by atoms with Crippen LogP contribution in [0.4, 0.5) is 4.39 Å². The van der Waals surface area contributed by atoms with Gasteiger partial charge in [0, 0.05) is 17.5 Å². The Hall–Kier alpha value is -2.89. The normalized spacial score (nSPS) is 16.6. The Balaban J connectivity index is 1.51. The molecule has 0 spiro atoms. The monoisotopic (exact) mass is 325 g/mol. The highest BCUT2D eigenvalue weighted by Crippen LogP contribution is 2.30. The van der Waals surface area contributed by atoms with E-state index in [1.165, 1.54) is 12.1 Å². The molecule has 122 valence electrons. The van der Waals surface area contributed by atoms with Gasteiger partial charge < -0.3 is 9.73 Å². The first-order chi connectivity index (χ1) is 11.7. The van der Waals surface area contributed by atoms with Gasteiger partial charge in [-0.1, -0.05) is 0 Å². The number of carbonyl (C=O) groups excluding carboxylic acids is 1. The Kier molecular flexibility index (Phi) is 3.65. The molecule has 0 fully saturated rings. The lowest BCUT2D eigenvalue weighted by Crippen LogP contribution is -2.30. The molecule has 2 N–H and O–H groups in total. The second-order valence-corrected chi connectivity index (χ2v) is 5.89. The van der Waals surface area contributed by atoms with Crippen LogP contribution in [0.2, 0.25) is 0 Å². The van der Waals surface area contributed by atoms with Crippen LogP contribution in [0, 0.1) is 5.82 Å². The first kappa shape index (κ1) is 14.7. The van der Waals surface area contributed by atoms with Crippen LogP contribution in [-0.4, -0.2) is 16.1 Å². The van der Waals surface area contributed by atoms with Crippen LogP contribution in [0.3, 0.4) is 0 Å². The van der Waals surface area contributed by atoms with E-state index in [2.05, 4.69) is 15.5 Å². The van der Waals surface area contributed by atoms with Crippen LogP contribution in [0.15, 0.2) is 47.1 Å². The molecule has 2 aromatic heterocycles. The molecule has 6 heteroatoms. The summed E-state index contributed by atoms with van der Waals surface area (Å²) in [6.07, 6.45) is 4.44.